The van der Waals surface area contributed by atoms with Crippen LogP contribution in [-0.2, 0) is 0 Å². The summed E-state index contributed by atoms with van der Waals surface area (Å²) >= 11 is 0.625. The van der Waals surface area contributed by atoms with Gasteiger partial charge in [-0.3, -0.25) is 0 Å². The average Bonchev–Trinajstić information content (AvgIpc) is 2.06. The molecule has 0 amide bonds. The third-order valence-electron chi connectivity index (χ3n) is 1.73. The Bertz CT molecular complexity index is 213. The van der Waals surface area contributed by atoms with E-state index in [0.717, 1.165) is 15.4 Å². The van der Waals surface area contributed by atoms with Gasteiger partial charge in [-0.15, -0.1) is 0 Å². The van der Waals surface area contributed by atoms with E-state index >= 15 is 0 Å². The van der Waals surface area contributed by atoms with Crippen LogP contribution in [0.2, 0.25) is 100 Å². The summed E-state index contributed by atoms with van der Waals surface area (Å²) in [6.45, 7) is 30.0. The van der Waals surface area contributed by atoms with E-state index in [2.05, 4.69) is 100 Å². The zero-order valence-corrected chi connectivity index (χ0v) is 31.5. The van der Waals surface area contributed by atoms with E-state index in [1.165, 1.54) is 0 Å². The summed E-state index contributed by atoms with van der Waals surface area (Å²) in [4.78, 5) is 0. The van der Waals surface area contributed by atoms with Gasteiger partial charge in [0.2, 0.25) is 31.0 Å². The van der Waals surface area contributed by atoms with Crippen molar-refractivity contribution in [1.82, 2.24) is 0 Å². The zero-order valence-electron chi connectivity index (χ0n) is 20.3. The van der Waals surface area contributed by atoms with Crippen molar-refractivity contribution < 1.29 is 0 Å². The SMILES string of the molecule is C[Si](C)(C)[PH2+][Si](C)(C)C.C[Si](C)(C)[PH2+][Si](C)(C)C.[CH3][Ga][CH3].[CH3][Ga][CH3]. The Morgan fingerprint density at radius 1 is 0.375 bits per heavy atom. The van der Waals surface area contributed by atoms with Crippen molar-refractivity contribution in [3.05, 3.63) is 0 Å². The van der Waals surface area contributed by atoms with E-state index in [1.54, 1.807) is 0 Å². The topological polar surface area (TPSA) is 0 Å². The van der Waals surface area contributed by atoms with Crippen molar-refractivity contribution in [2.75, 3.05) is 0 Å². The van der Waals surface area contributed by atoms with Gasteiger partial charge in [-0.05, 0) is 78.6 Å². The van der Waals surface area contributed by atoms with Crippen LogP contribution < -0.4 is 0 Å². The molecule has 0 saturated heterocycles. The standard InChI is InChI=1S/2C6H20PSi2.4CH3.2Ga/c2*1-8(2,3)7-9(4,5)6;;;;;;/h2*7H2,1-6H3;4*1H3;;/q2*+1;;;;;;. The molecule has 0 fully saturated rings. The molecule has 0 aliphatic rings. The van der Waals surface area contributed by atoms with Gasteiger partial charge >= 0.3 is 56.7 Å². The van der Waals surface area contributed by atoms with E-state index in [1.807, 2.05) is 0 Å². The van der Waals surface area contributed by atoms with Gasteiger partial charge in [0.05, 0.1) is 0 Å². The third kappa shape index (κ3) is 64.0. The van der Waals surface area contributed by atoms with E-state index in [9.17, 15) is 0 Å². The molecular formula is C16H52Ga2P2Si4+2. The molecule has 0 atom stereocenters. The first kappa shape index (κ1) is 34.5. The van der Waals surface area contributed by atoms with Crippen LogP contribution in [0, 0.1) is 0 Å². The Morgan fingerprint density at radius 2 is 0.458 bits per heavy atom. The van der Waals surface area contributed by atoms with Crippen molar-refractivity contribution in [2.45, 2.75) is 100 Å². The molecule has 0 spiro atoms. The molecule has 0 aromatic heterocycles. The second-order valence-electron chi connectivity index (χ2n) is 10.9. The molecule has 0 saturated carbocycles. The van der Waals surface area contributed by atoms with Crippen LogP contribution in [0.1, 0.15) is 0 Å². The summed E-state index contributed by atoms with van der Waals surface area (Å²) < 4.78 is 0. The summed E-state index contributed by atoms with van der Waals surface area (Å²) in [5, 5.41) is 0. The first-order valence-electron chi connectivity index (χ1n) is 9.46. The molecule has 0 bridgehead atoms. The van der Waals surface area contributed by atoms with Crippen molar-refractivity contribution in [1.29, 1.82) is 0 Å². The molecule has 146 valence electrons. The second-order valence-corrected chi connectivity index (χ2v) is 63.0. The van der Waals surface area contributed by atoms with Crippen LogP contribution in [-0.4, -0.2) is 65.8 Å². The fraction of sp³-hybridized carbons (Fsp3) is 1.00. The van der Waals surface area contributed by atoms with Crippen LogP contribution in [0.15, 0.2) is 0 Å². The Kier molecular flexibility index (Phi) is 24.3. The number of hydrogen-bond donors (Lipinski definition) is 0. The quantitative estimate of drug-likeness (QED) is 0.245. The van der Waals surface area contributed by atoms with Gasteiger partial charge in [0.1, 0.15) is 0 Å². The molecule has 8 heteroatoms. The van der Waals surface area contributed by atoms with E-state index < -0.39 is 31.0 Å². The summed E-state index contributed by atoms with van der Waals surface area (Å²) in [5.74, 6) is 0. The summed E-state index contributed by atoms with van der Waals surface area (Å²) in [6, 6.07) is 0. The Balaban J connectivity index is -0.000000126. The average molecular weight is 558 g/mol. The summed E-state index contributed by atoms with van der Waals surface area (Å²) in [5.41, 5.74) is 9.12. The summed E-state index contributed by atoms with van der Waals surface area (Å²) in [7, 11) is -0.896. The van der Waals surface area contributed by atoms with E-state index in [-0.39, 0.29) is 0 Å². The molecule has 0 aromatic carbocycles. The Morgan fingerprint density at radius 3 is 0.458 bits per heavy atom. The number of hydrogen-bond acceptors (Lipinski definition) is 0. The first-order valence-corrected chi connectivity index (χ1v) is 40.4. The minimum atomic E-state index is -0.648. The molecule has 0 aliphatic carbocycles. The molecule has 0 aliphatic heterocycles. The van der Waals surface area contributed by atoms with Gasteiger partial charge in [0, 0.05) is 0 Å². The van der Waals surface area contributed by atoms with E-state index in [0.29, 0.717) is 34.8 Å². The molecule has 0 rings (SSSR count). The fourth-order valence-electron chi connectivity index (χ4n) is 2.60. The third-order valence-corrected chi connectivity index (χ3v) is 46.8. The van der Waals surface area contributed by atoms with Crippen molar-refractivity contribution in [3.63, 3.8) is 0 Å². The molecule has 0 unspecified atom stereocenters. The molecule has 24 heavy (non-hydrogen) atoms. The maximum atomic E-state index is 2.50. The van der Waals surface area contributed by atoms with Crippen LogP contribution >= 0.6 is 15.4 Å². The molecular weight excluding hydrogens is 506 g/mol. The second kappa shape index (κ2) is 16.9. The zero-order chi connectivity index (χ0) is 20.8. The normalized spacial score (nSPS) is 11.7. The maximum absolute atomic E-state index is 2.50. The van der Waals surface area contributed by atoms with Gasteiger partial charge < -0.3 is 0 Å². The van der Waals surface area contributed by atoms with Gasteiger partial charge in [0.25, 0.3) is 0 Å². The van der Waals surface area contributed by atoms with Gasteiger partial charge in [-0.25, -0.2) is 0 Å². The van der Waals surface area contributed by atoms with Crippen LogP contribution in [0.3, 0.4) is 0 Å². The molecule has 0 N–H and O–H groups in total. The van der Waals surface area contributed by atoms with Crippen LogP contribution in [0.25, 0.3) is 0 Å². The van der Waals surface area contributed by atoms with Crippen molar-refractivity contribution >= 4 is 81.1 Å². The van der Waals surface area contributed by atoms with Crippen molar-refractivity contribution in [2.24, 2.45) is 0 Å². The predicted octanol–water partition coefficient (Wildman–Crippen LogP) is 7.71. The predicted molar refractivity (Wildman–Crippen MR) is 148 cm³/mol. The van der Waals surface area contributed by atoms with E-state index in [4.69, 9.17) is 0 Å². The fourth-order valence-corrected chi connectivity index (χ4v) is 70.1. The Hall–Kier alpha value is 3.00. The van der Waals surface area contributed by atoms with Crippen LogP contribution in [0.5, 0.6) is 0 Å². The van der Waals surface area contributed by atoms with Gasteiger partial charge in [0.15, 0.2) is 0 Å². The number of rotatable bonds is 4. The first-order chi connectivity index (χ1) is 10.2. The molecule has 0 aromatic rings. The molecule has 2 radical (unpaired) electrons. The molecule has 0 heterocycles. The van der Waals surface area contributed by atoms with Gasteiger partial charge in [-0.2, -0.15) is 0 Å². The molecule has 0 nitrogen and oxygen atoms in total. The summed E-state index contributed by atoms with van der Waals surface area (Å²) in [6.07, 6.45) is 0. The monoisotopic (exact) mass is 556 g/mol. The Labute approximate surface area is 180 Å². The van der Waals surface area contributed by atoms with Gasteiger partial charge in [-0.1, -0.05) is 15.4 Å². The minimum absolute atomic E-state index is 0.312. The van der Waals surface area contributed by atoms with Crippen LogP contribution in [0.4, 0.5) is 0 Å². The van der Waals surface area contributed by atoms with Crippen molar-refractivity contribution in [3.8, 4) is 0 Å².